The van der Waals surface area contributed by atoms with Crippen LogP contribution in [0.3, 0.4) is 0 Å². The molecule has 1 N–H and O–H groups in total. The molecule has 1 spiro atoms. The van der Waals surface area contributed by atoms with Crippen molar-refractivity contribution < 1.29 is 0 Å². The third-order valence-corrected chi connectivity index (χ3v) is 12.9. The van der Waals surface area contributed by atoms with Gasteiger partial charge in [-0.2, -0.15) is 0 Å². The fourth-order valence-electron chi connectivity index (χ4n) is 12.0. The summed E-state index contributed by atoms with van der Waals surface area (Å²) >= 11 is 0. The Morgan fingerprint density at radius 2 is 1.51 bits per heavy atom. The van der Waals surface area contributed by atoms with Gasteiger partial charge in [-0.15, -0.1) is 0 Å². The smallest absolute Gasteiger partial charge is 0.188 e. The van der Waals surface area contributed by atoms with Crippen molar-refractivity contribution in [2.75, 3.05) is 55.5 Å². The molecule has 0 aromatic heterocycles. The van der Waals surface area contributed by atoms with Gasteiger partial charge >= 0.3 is 0 Å². The van der Waals surface area contributed by atoms with E-state index in [-0.39, 0.29) is 22.0 Å². The monoisotopic (exact) mass is 514 g/mol. The maximum atomic E-state index is 4.13. The molecular weight excluding hydrogens is 480 g/mol. The van der Waals surface area contributed by atoms with E-state index in [0.717, 1.165) is 26.3 Å². The Morgan fingerprint density at radius 1 is 0.744 bits per heavy atom. The van der Waals surface area contributed by atoms with Crippen molar-refractivity contribution >= 4 is 17.1 Å². The van der Waals surface area contributed by atoms with Crippen molar-refractivity contribution in [3.63, 3.8) is 0 Å². The van der Waals surface area contributed by atoms with Crippen LogP contribution in [-0.2, 0) is 16.2 Å². The number of rotatable bonds is 0. The summed E-state index contributed by atoms with van der Waals surface area (Å²) in [6.45, 7) is 4.38. The van der Waals surface area contributed by atoms with Crippen LogP contribution in [0.2, 0.25) is 0 Å². The summed E-state index contributed by atoms with van der Waals surface area (Å²) in [4.78, 5) is 14.1. The topological polar surface area (TPSA) is 28.2 Å². The zero-order valence-electron chi connectivity index (χ0n) is 22.7. The molecule has 0 saturated carbocycles. The molecule has 4 bridgehead atoms. The van der Waals surface area contributed by atoms with Gasteiger partial charge in [0.05, 0.1) is 24.4 Å². The molecule has 4 fully saturated rings. The van der Waals surface area contributed by atoms with Crippen LogP contribution < -0.4 is 15.1 Å². The van der Waals surface area contributed by atoms with E-state index in [9.17, 15) is 0 Å². The van der Waals surface area contributed by atoms with Gasteiger partial charge in [-0.3, -0.25) is 14.7 Å². The van der Waals surface area contributed by atoms with E-state index in [1.807, 2.05) is 0 Å². The summed E-state index contributed by atoms with van der Waals surface area (Å²) in [5.74, 6) is -0.187. The van der Waals surface area contributed by atoms with Crippen LogP contribution in [0.25, 0.3) is 0 Å². The van der Waals surface area contributed by atoms with Crippen molar-refractivity contribution in [1.29, 1.82) is 0 Å². The van der Waals surface area contributed by atoms with Crippen LogP contribution >= 0.6 is 0 Å². The van der Waals surface area contributed by atoms with E-state index in [2.05, 4.69) is 111 Å². The number of likely N-dealkylation sites (N-methyl/N-ethyl adjacent to an activating group) is 2. The normalized spacial score (nSPS) is 41.6. The fourth-order valence-corrected chi connectivity index (χ4v) is 12.0. The van der Waals surface area contributed by atoms with Crippen molar-refractivity contribution in [3.8, 4) is 0 Å². The van der Waals surface area contributed by atoms with Crippen molar-refractivity contribution in [2.45, 2.75) is 53.6 Å². The fraction of sp³-hybridized carbons (Fsp3) is 0.455. The summed E-state index contributed by atoms with van der Waals surface area (Å²) in [6, 6.07) is 26.2. The molecule has 8 aliphatic heterocycles. The first-order valence-electron chi connectivity index (χ1n) is 14.9. The molecule has 6 nitrogen and oxygen atoms in total. The molecule has 3 aromatic carbocycles. The maximum absolute atomic E-state index is 4.13. The first kappa shape index (κ1) is 20.8. The largest absolute Gasteiger partial charge is 0.369 e. The average Bonchev–Trinajstić information content (AvgIpc) is 3.52. The van der Waals surface area contributed by atoms with E-state index >= 15 is 0 Å². The zero-order chi connectivity index (χ0) is 25.5. The number of nitrogens with zero attached hydrogens (tertiary/aromatic N) is 5. The molecule has 8 heterocycles. The van der Waals surface area contributed by atoms with Gasteiger partial charge in [-0.25, -0.2) is 0 Å². The Balaban J connectivity index is 1.35. The molecule has 39 heavy (non-hydrogen) atoms. The number of fused-ring (bicyclic) bond motifs is 3. The Kier molecular flexibility index (Phi) is 3.20. The lowest BCUT2D eigenvalue weighted by Crippen LogP contribution is -2.89. The lowest BCUT2D eigenvalue weighted by Gasteiger charge is -2.77. The number of hydrogen-bond donors (Lipinski definition) is 1. The number of anilines is 3. The molecule has 0 aliphatic carbocycles. The average molecular weight is 515 g/mol. The number of hydrogen-bond acceptors (Lipinski definition) is 6. The zero-order valence-corrected chi connectivity index (χ0v) is 22.7. The highest BCUT2D eigenvalue weighted by Gasteiger charge is 2.84. The van der Waals surface area contributed by atoms with E-state index in [0.29, 0.717) is 12.3 Å². The number of likely N-dealkylation sites (tertiary alicyclic amines) is 2. The molecule has 6 atom stereocenters. The predicted octanol–water partition coefficient (Wildman–Crippen LogP) is 3.88. The summed E-state index contributed by atoms with van der Waals surface area (Å²) < 4.78 is 0. The van der Waals surface area contributed by atoms with Gasteiger partial charge in [-0.1, -0.05) is 54.6 Å². The van der Waals surface area contributed by atoms with E-state index in [1.165, 1.54) is 30.6 Å². The quantitative estimate of drug-likeness (QED) is 0.490. The Hall–Kier alpha value is -3.06. The number of piperidine rings is 2. The molecular formula is C33H34N6. The predicted molar refractivity (Wildman–Crippen MR) is 153 cm³/mol. The summed E-state index contributed by atoms with van der Waals surface area (Å²) in [6.07, 6.45) is 4.20. The van der Waals surface area contributed by atoms with Gasteiger partial charge in [0, 0.05) is 47.5 Å². The van der Waals surface area contributed by atoms with Gasteiger partial charge in [0.15, 0.2) is 5.79 Å². The third kappa shape index (κ3) is 1.66. The molecule has 6 heteroatoms. The second-order valence-electron chi connectivity index (χ2n) is 13.6. The standard InChI is InChI=1S/C33H34N6/c1-35-17-14-32-21-8-3-5-12-25(21)34-28(35)31(32)16-19-37-20-38-26-13-6-4-9-22(26)30-15-18-36(2)33(30,38)39(29(32)37)27-23(30)10-7-11-24(27)31/h3-13,28-29,34H,14-20H2,1-2H3/t28-,29-,30-,31+,32-,33-/m1/s1. The second-order valence-corrected chi connectivity index (χ2v) is 13.6. The molecule has 4 saturated heterocycles. The Morgan fingerprint density at radius 3 is 2.44 bits per heavy atom. The number of benzene rings is 3. The van der Waals surface area contributed by atoms with Crippen molar-refractivity contribution in [2.24, 2.45) is 0 Å². The molecule has 3 aromatic rings. The van der Waals surface area contributed by atoms with Crippen LogP contribution in [-0.4, -0.2) is 73.2 Å². The van der Waals surface area contributed by atoms with E-state index in [4.69, 9.17) is 0 Å². The number of nitrogens with one attached hydrogen (secondary N) is 1. The minimum atomic E-state index is -0.187. The summed E-state index contributed by atoms with van der Waals surface area (Å²) in [5.41, 5.74) is 10.7. The highest BCUT2D eigenvalue weighted by Crippen LogP contribution is 2.77. The van der Waals surface area contributed by atoms with Gasteiger partial charge in [0.2, 0.25) is 0 Å². The van der Waals surface area contributed by atoms with Gasteiger partial charge in [-0.05, 0) is 67.7 Å². The highest BCUT2D eigenvalue weighted by molar-refractivity contribution is 5.88. The summed E-state index contributed by atoms with van der Waals surface area (Å²) in [5, 5.41) is 4.13. The lowest BCUT2D eigenvalue weighted by molar-refractivity contribution is -0.118. The first-order valence-corrected chi connectivity index (χ1v) is 14.9. The minimum Gasteiger partial charge on any atom is -0.369 e. The van der Waals surface area contributed by atoms with Crippen molar-refractivity contribution in [1.82, 2.24) is 14.7 Å². The number of para-hydroxylation sites is 3. The Bertz CT molecular complexity index is 1650. The molecule has 0 radical (unpaired) electrons. The molecule has 196 valence electrons. The third-order valence-electron chi connectivity index (χ3n) is 12.9. The van der Waals surface area contributed by atoms with E-state index in [1.54, 1.807) is 27.9 Å². The van der Waals surface area contributed by atoms with Crippen LogP contribution in [0, 0.1) is 0 Å². The van der Waals surface area contributed by atoms with E-state index < -0.39 is 0 Å². The van der Waals surface area contributed by atoms with Crippen molar-refractivity contribution in [3.05, 3.63) is 89.0 Å². The van der Waals surface area contributed by atoms with Gasteiger partial charge in [0.1, 0.15) is 0 Å². The second kappa shape index (κ2) is 5.99. The van der Waals surface area contributed by atoms with Gasteiger partial charge in [0.25, 0.3) is 0 Å². The molecule has 11 rings (SSSR count). The highest BCUT2D eigenvalue weighted by atomic mass is 15.7. The molecule has 8 aliphatic rings. The maximum Gasteiger partial charge on any atom is 0.188 e. The molecule has 0 unspecified atom stereocenters. The first-order chi connectivity index (χ1) is 19.1. The minimum absolute atomic E-state index is 0.0311. The Labute approximate surface area is 229 Å². The summed E-state index contributed by atoms with van der Waals surface area (Å²) in [7, 11) is 4.78. The van der Waals surface area contributed by atoms with Crippen LogP contribution in [0.15, 0.2) is 66.7 Å². The van der Waals surface area contributed by atoms with Crippen LogP contribution in [0.4, 0.5) is 17.1 Å². The SMILES string of the molecule is CN1CC[C@]23c4ccccc4N[C@H]1[C@@]21CCN2CN4c5ccccc5[C@@]56CCN(C)[C@@]45N(c4c6cccc41)[C@@H]23. The van der Waals surface area contributed by atoms with Crippen LogP contribution in [0.5, 0.6) is 0 Å². The lowest BCUT2D eigenvalue weighted by atomic mass is 9.44. The van der Waals surface area contributed by atoms with Gasteiger partial charge < -0.3 is 15.1 Å². The molecule has 0 amide bonds. The van der Waals surface area contributed by atoms with Crippen LogP contribution in [0.1, 0.15) is 41.5 Å².